The van der Waals surface area contributed by atoms with Crippen molar-refractivity contribution in [2.24, 2.45) is 0 Å². The monoisotopic (exact) mass is 297 g/mol. The molecule has 5 heteroatoms. The third kappa shape index (κ3) is 3.66. The molecule has 0 amide bonds. The molecular formula is C11H12BrN3S. The van der Waals surface area contributed by atoms with Gasteiger partial charge in [-0.1, -0.05) is 0 Å². The zero-order chi connectivity index (χ0) is 11.2. The van der Waals surface area contributed by atoms with Crippen molar-refractivity contribution in [1.29, 1.82) is 0 Å². The SMILES string of the molecule is Brc1ccc(CCNCc2cnccn2)s1. The van der Waals surface area contributed by atoms with Crippen molar-refractivity contribution in [3.8, 4) is 0 Å². The van der Waals surface area contributed by atoms with Crippen LogP contribution in [0.2, 0.25) is 0 Å². The first-order chi connectivity index (χ1) is 7.84. The van der Waals surface area contributed by atoms with Crippen LogP contribution in [0.15, 0.2) is 34.5 Å². The fraction of sp³-hybridized carbons (Fsp3) is 0.273. The summed E-state index contributed by atoms with van der Waals surface area (Å²) in [4.78, 5) is 9.60. The molecule has 16 heavy (non-hydrogen) atoms. The van der Waals surface area contributed by atoms with E-state index in [9.17, 15) is 0 Å². The van der Waals surface area contributed by atoms with Gasteiger partial charge in [-0.15, -0.1) is 11.3 Å². The topological polar surface area (TPSA) is 37.8 Å². The molecule has 2 rings (SSSR count). The molecule has 0 saturated carbocycles. The van der Waals surface area contributed by atoms with Gasteiger partial charge in [0.15, 0.2) is 0 Å². The first-order valence-electron chi connectivity index (χ1n) is 5.04. The largest absolute Gasteiger partial charge is 0.311 e. The number of nitrogens with one attached hydrogen (secondary N) is 1. The fourth-order valence-corrected chi connectivity index (χ4v) is 2.82. The van der Waals surface area contributed by atoms with Crippen LogP contribution >= 0.6 is 27.3 Å². The first kappa shape index (κ1) is 11.7. The van der Waals surface area contributed by atoms with Crippen molar-refractivity contribution >= 4 is 27.3 Å². The molecule has 0 spiro atoms. The third-order valence-electron chi connectivity index (χ3n) is 2.10. The number of rotatable bonds is 5. The number of aromatic nitrogens is 2. The second-order valence-corrected chi connectivity index (χ2v) is 5.88. The summed E-state index contributed by atoms with van der Waals surface area (Å²) in [5, 5.41) is 3.35. The van der Waals surface area contributed by atoms with Crippen molar-refractivity contribution in [3.63, 3.8) is 0 Å². The summed E-state index contributed by atoms with van der Waals surface area (Å²) in [5.74, 6) is 0. The minimum absolute atomic E-state index is 0.778. The van der Waals surface area contributed by atoms with E-state index in [1.54, 1.807) is 29.9 Å². The van der Waals surface area contributed by atoms with E-state index in [-0.39, 0.29) is 0 Å². The van der Waals surface area contributed by atoms with Gasteiger partial charge in [0.2, 0.25) is 0 Å². The molecule has 84 valence electrons. The summed E-state index contributed by atoms with van der Waals surface area (Å²) in [6.07, 6.45) is 6.24. The van der Waals surface area contributed by atoms with Crippen molar-refractivity contribution < 1.29 is 0 Å². The van der Waals surface area contributed by atoms with Crippen LogP contribution in [0.5, 0.6) is 0 Å². The molecule has 0 bridgehead atoms. The molecule has 0 radical (unpaired) electrons. The molecule has 0 aliphatic heterocycles. The van der Waals surface area contributed by atoms with E-state index in [0.29, 0.717) is 0 Å². The van der Waals surface area contributed by atoms with Crippen LogP contribution in [0, 0.1) is 0 Å². The molecule has 0 aliphatic rings. The lowest BCUT2D eigenvalue weighted by molar-refractivity contribution is 0.675. The molecule has 2 heterocycles. The lowest BCUT2D eigenvalue weighted by Gasteiger charge is -2.02. The molecule has 3 nitrogen and oxygen atoms in total. The maximum atomic E-state index is 4.20. The Bertz CT molecular complexity index is 430. The van der Waals surface area contributed by atoms with Crippen molar-refractivity contribution in [1.82, 2.24) is 15.3 Å². The number of thiophene rings is 1. The number of halogens is 1. The zero-order valence-corrected chi connectivity index (χ0v) is 11.1. The molecule has 0 aliphatic carbocycles. The van der Waals surface area contributed by atoms with Gasteiger partial charge >= 0.3 is 0 Å². The quantitative estimate of drug-likeness (QED) is 0.862. The van der Waals surface area contributed by atoms with Crippen LogP contribution in [0.25, 0.3) is 0 Å². The highest BCUT2D eigenvalue weighted by molar-refractivity contribution is 9.11. The Hall–Kier alpha value is -0.780. The van der Waals surface area contributed by atoms with E-state index in [4.69, 9.17) is 0 Å². The summed E-state index contributed by atoms with van der Waals surface area (Å²) < 4.78 is 1.19. The van der Waals surface area contributed by atoms with Crippen LogP contribution in [-0.2, 0) is 13.0 Å². The highest BCUT2D eigenvalue weighted by Crippen LogP contribution is 2.21. The molecule has 2 aromatic rings. The van der Waals surface area contributed by atoms with Crippen LogP contribution in [0.1, 0.15) is 10.6 Å². The zero-order valence-electron chi connectivity index (χ0n) is 8.69. The van der Waals surface area contributed by atoms with E-state index >= 15 is 0 Å². The van der Waals surface area contributed by atoms with Gasteiger partial charge in [-0.2, -0.15) is 0 Å². The predicted molar refractivity (Wildman–Crippen MR) is 69.5 cm³/mol. The second-order valence-electron chi connectivity index (χ2n) is 3.33. The van der Waals surface area contributed by atoms with Gasteiger partial charge in [-0.05, 0) is 34.5 Å². The molecule has 0 unspecified atom stereocenters. The van der Waals surface area contributed by atoms with Crippen LogP contribution < -0.4 is 5.32 Å². The smallest absolute Gasteiger partial charge is 0.0724 e. The third-order valence-corrected chi connectivity index (χ3v) is 3.78. The Morgan fingerprint density at radius 3 is 2.94 bits per heavy atom. The van der Waals surface area contributed by atoms with E-state index in [2.05, 4.69) is 43.3 Å². The first-order valence-corrected chi connectivity index (χ1v) is 6.65. The number of hydrogen-bond acceptors (Lipinski definition) is 4. The summed E-state index contributed by atoms with van der Waals surface area (Å²) in [6.45, 7) is 1.74. The second kappa shape index (κ2) is 6.08. The van der Waals surface area contributed by atoms with Gasteiger partial charge < -0.3 is 5.32 Å². The van der Waals surface area contributed by atoms with Gasteiger partial charge in [-0.25, -0.2) is 0 Å². The molecule has 1 N–H and O–H groups in total. The lowest BCUT2D eigenvalue weighted by Crippen LogP contribution is -2.17. The standard InChI is InChI=1S/C11H12BrN3S/c12-11-2-1-10(16-11)3-4-13-7-9-8-14-5-6-15-9/h1-2,5-6,8,13H,3-4,7H2. The maximum Gasteiger partial charge on any atom is 0.0724 e. The molecule has 0 saturated heterocycles. The van der Waals surface area contributed by atoms with Gasteiger partial charge in [0.05, 0.1) is 9.48 Å². The summed E-state index contributed by atoms with van der Waals surface area (Å²) in [7, 11) is 0. The van der Waals surface area contributed by atoms with Gasteiger partial charge in [-0.3, -0.25) is 9.97 Å². The van der Waals surface area contributed by atoms with E-state index in [1.165, 1.54) is 8.66 Å². The molecule has 0 aromatic carbocycles. The van der Waals surface area contributed by atoms with Crippen LogP contribution in [0.3, 0.4) is 0 Å². The average molecular weight is 298 g/mol. The predicted octanol–water partition coefficient (Wildman–Crippen LogP) is 2.63. The minimum Gasteiger partial charge on any atom is -0.311 e. The maximum absolute atomic E-state index is 4.20. The van der Waals surface area contributed by atoms with Crippen LogP contribution in [0.4, 0.5) is 0 Å². The highest BCUT2D eigenvalue weighted by atomic mass is 79.9. The van der Waals surface area contributed by atoms with E-state index < -0.39 is 0 Å². The average Bonchev–Trinajstić information content (AvgIpc) is 2.72. The number of hydrogen-bond donors (Lipinski definition) is 1. The molecule has 2 aromatic heterocycles. The Labute approximate surface area is 107 Å². The van der Waals surface area contributed by atoms with Gasteiger partial charge in [0, 0.05) is 36.6 Å². The van der Waals surface area contributed by atoms with Gasteiger partial charge in [0.1, 0.15) is 0 Å². The van der Waals surface area contributed by atoms with Crippen molar-refractivity contribution in [2.45, 2.75) is 13.0 Å². The molecule has 0 fully saturated rings. The number of nitrogens with zero attached hydrogens (tertiary/aromatic N) is 2. The van der Waals surface area contributed by atoms with Crippen molar-refractivity contribution in [2.75, 3.05) is 6.54 Å². The van der Waals surface area contributed by atoms with E-state index in [1.807, 2.05) is 0 Å². The fourth-order valence-electron chi connectivity index (χ4n) is 1.34. The van der Waals surface area contributed by atoms with E-state index in [0.717, 1.165) is 25.2 Å². The Balaban J connectivity index is 1.69. The summed E-state index contributed by atoms with van der Waals surface area (Å²) in [5.41, 5.74) is 0.981. The lowest BCUT2D eigenvalue weighted by atomic mass is 10.3. The Morgan fingerprint density at radius 2 is 2.25 bits per heavy atom. The summed E-state index contributed by atoms with van der Waals surface area (Å²) in [6, 6.07) is 4.24. The minimum atomic E-state index is 0.778. The molecule has 0 atom stereocenters. The normalized spacial score (nSPS) is 10.6. The Morgan fingerprint density at radius 1 is 1.31 bits per heavy atom. The van der Waals surface area contributed by atoms with Crippen LogP contribution in [-0.4, -0.2) is 16.5 Å². The Kier molecular flexibility index (Phi) is 4.44. The van der Waals surface area contributed by atoms with Gasteiger partial charge in [0.25, 0.3) is 0 Å². The highest BCUT2D eigenvalue weighted by Gasteiger charge is 1.97. The molecular weight excluding hydrogens is 286 g/mol. The van der Waals surface area contributed by atoms with Crippen molar-refractivity contribution in [3.05, 3.63) is 45.1 Å². The summed E-state index contributed by atoms with van der Waals surface area (Å²) >= 11 is 5.24.